The van der Waals surface area contributed by atoms with E-state index in [0.29, 0.717) is 6.42 Å². The summed E-state index contributed by atoms with van der Waals surface area (Å²) in [6, 6.07) is 15.3. The summed E-state index contributed by atoms with van der Waals surface area (Å²) < 4.78 is 5.49. The number of benzene rings is 2. The second-order valence-electron chi connectivity index (χ2n) is 9.47. The van der Waals surface area contributed by atoms with Gasteiger partial charge in [-0.3, -0.25) is 0 Å². The highest BCUT2D eigenvalue weighted by molar-refractivity contribution is 5.81. The fraction of sp³-hybridized carbons (Fsp3) is 0.440. The summed E-state index contributed by atoms with van der Waals surface area (Å²) in [6.45, 7) is 8.55. The van der Waals surface area contributed by atoms with Gasteiger partial charge in [0.25, 0.3) is 0 Å². The van der Waals surface area contributed by atoms with Crippen molar-refractivity contribution in [1.29, 1.82) is 0 Å². The number of amides is 1. The van der Waals surface area contributed by atoms with Crippen molar-refractivity contribution in [3.8, 4) is 11.1 Å². The Bertz CT molecular complexity index is 870. The second-order valence-corrected chi connectivity index (χ2v) is 9.47. The normalized spacial score (nSPS) is 15.1. The number of carbonyl (C=O) groups excluding carboxylic acids is 1. The molecular weight excluding hydrogens is 378 g/mol. The molecule has 2 aromatic carbocycles. The van der Waals surface area contributed by atoms with Gasteiger partial charge in [0.05, 0.1) is 0 Å². The van der Waals surface area contributed by atoms with Gasteiger partial charge in [-0.05, 0) is 46.4 Å². The van der Waals surface area contributed by atoms with Crippen LogP contribution in [0.25, 0.3) is 11.1 Å². The molecule has 2 N–H and O–H groups in total. The van der Waals surface area contributed by atoms with E-state index in [4.69, 9.17) is 4.74 Å². The predicted molar refractivity (Wildman–Crippen MR) is 117 cm³/mol. The van der Waals surface area contributed by atoms with Gasteiger partial charge in [-0.1, -0.05) is 76.2 Å². The van der Waals surface area contributed by atoms with E-state index in [9.17, 15) is 14.7 Å². The Morgan fingerprint density at radius 1 is 1.03 bits per heavy atom. The second kappa shape index (κ2) is 8.90. The van der Waals surface area contributed by atoms with Crippen LogP contribution in [0.1, 0.15) is 57.6 Å². The number of alkyl carbamates (subject to hydrolysis) is 1. The molecule has 1 aliphatic rings. The molecule has 0 heterocycles. The molecule has 2 unspecified atom stereocenters. The van der Waals surface area contributed by atoms with E-state index in [2.05, 4.69) is 50.4 Å². The number of carboxylic acids is 1. The Morgan fingerprint density at radius 2 is 1.57 bits per heavy atom. The van der Waals surface area contributed by atoms with Crippen LogP contribution in [0, 0.1) is 11.3 Å². The first-order valence-corrected chi connectivity index (χ1v) is 10.5. The molecule has 0 bridgehead atoms. The van der Waals surface area contributed by atoms with Gasteiger partial charge in [-0.15, -0.1) is 0 Å². The lowest BCUT2D eigenvalue weighted by Crippen LogP contribution is -2.42. The third-order valence-corrected chi connectivity index (χ3v) is 5.53. The minimum absolute atomic E-state index is 0.0498. The van der Waals surface area contributed by atoms with Crippen LogP contribution in [-0.4, -0.2) is 29.8 Å². The highest BCUT2D eigenvalue weighted by atomic mass is 16.5. The van der Waals surface area contributed by atoms with Gasteiger partial charge in [-0.25, -0.2) is 9.59 Å². The van der Waals surface area contributed by atoms with Crippen molar-refractivity contribution in [1.82, 2.24) is 5.32 Å². The summed E-state index contributed by atoms with van der Waals surface area (Å²) in [5.74, 6) is -0.921. The molecule has 0 aliphatic heterocycles. The van der Waals surface area contributed by atoms with Crippen molar-refractivity contribution < 1.29 is 19.4 Å². The van der Waals surface area contributed by atoms with Crippen LogP contribution in [0.5, 0.6) is 0 Å². The Labute approximate surface area is 178 Å². The quantitative estimate of drug-likeness (QED) is 0.638. The number of carbonyl (C=O) groups is 2. The van der Waals surface area contributed by atoms with Crippen molar-refractivity contribution >= 4 is 12.1 Å². The number of aliphatic carboxylic acids is 1. The van der Waals surface area contributed by atoms with Crippen molar-refractivity contribution in [3.63, 3.8) is 0 Å². The minimum Gasteiger partial charge on any atom is -0.480 e. The average molecular weight is 410 g/mol. The van der Waals surface area contributed by atoms with Crippen LogP contribution >= 0.6 is 0 Å². The summed E-state index contributed by atoms with van der Waals surface area (Å²) in [5, 5.41) is 12.1. The van der Waals surface area contributed by atoms with Gasteiger partial charge < -0.3 is 15.2 Å². The molecule has 30 heavy (non-hydrogen) atoms. The van der Waals surface area contributed by atoms with Gasteiger partial charge in [0.1, 0.15) is 12.6 Å². The number of ether oxygens (including phenoxy) is 1. The maximum atomic E-state index is 12.4. The van der Waals surface area contributed by atoms with E-state index >= 15 is 0 Å². The molecule has 0 aromatic heterocycles. The SMILES string of the molecule is CC(CC(NC(=O)OCC1c2ccccc2-c2ccccc21)C(=O)O)CC(C)(C)C. The molecule has 0 saturated heterocycles. The highest BCUT2D eigenvalue weighted by Gasteiger charge is 2.30. The lowest BCUT2D eigenvalue weighted by molar-refractivity contribution is -0.139. The number of carboxylic acid groups (broad SMARTS) is 1. The minimum atomic E-state index is -1.04. The molecular formula is C25H31NO4. The summed E-state index contributed by atoms with van der Waals surface area (Å²) in [4.78, 5) is 24.1. The molecule has 3 rings (SSSR count). The van der Waals surface area contributed by atoms with E-state index in [1.807, 2.05) is 31.2 Å². The van der Waals surface area contributed by atoms with Gasteiger partial charge in [-0.2, -0.15) is 0 Å². The molecule has 0 spiro atoms. The molecule has 5 nitrogen and oxygen atoms in total. The van der Waals surface area contributed by atoms with E-state index in [1.54, 1.807) is 0 Å². The zero-order valence-electron chi connectivity index (χ0n) is 18.1. The third kappa shape index (κ3) is 5.21. The van der Waals surface area contributed by atoms with Crippen molar-refractivity contribution in [2.24, 2.45) is 11.3 Å². The Morgan fingerprint density at radius 3 is 2.07 bits per heavy atom. The Balaban J connectivity index is 1.63. The maximum absolute atomic E-state index is 12.4. The first-order chi connectivity index (χ1) is 14.2. The average Bonchev–Trinajstić information content (AvgIpc) is 2.98. The lowest BCUT2D eigenvalue weighted by Gasteiger charge is -2.25. The zero-order chi connectivity index (χ0) is 21.9. The number of nitrogens with one attached hydrogen (secondary N) is 1. The van der Waals surface area contributed by atoms with E-state index in [1.165, 1.54) is 0 Å². The summed E-state index contributed by atoms with van der Waals surface area (Å²) in [5.41, 5.74) is 4.66. The number of fused-ring (bicyclic) bond motifs is 3. The van der Waals surface area contributed by atoms with Crippen molar-refractivity contribution in [3.05, 3.63) is 59.7 Å². The monoisotopic (exact) mass is 409 g/mol. The standard InChI is InChI=1S/C25H31NO4/c1-16(14-25(2,3)4)13-22(23(27)28)26-24(29)30-15-21-19-11-7-5-9-17(19)18-10-6-8-12-20(18)21/h5-12,16,21-22H,13-15H2,1-4H3,(H,26,29)(H,27,28). The summed E-state index contributed by atoms with van der Waals surface area (Å²) >= 11 is 0. The molecule has 2 atom stereocenters. The fourth-order valence-corrected chi connectivity index (χ4v) is 4.53. The molecule has 160 valence electrons. The van der Waals surface area contributed by atoms with Crippen molar-refractivity contribution in [2.45, 2.75) is 52.5 Å². The Kier molecular flexibility index (Phi) is 6.49. The number of hydrogen-bond donors (Lipinski definition) is 2. The van der Waals surface area contributed by atoms with Crippen LogP contribution in [0.4, 0.5) is 4.79 Å². The molecule has 5 heteroatoms. The molecule has 2 aromatic rings. The van der Waals surface area contributed by atoms with Crippen LogP contribution in [0.15, 0.2) is 48.5 Å². The highest BCUT2D eigenvalue weighted by Crippen LogP contribution is 2.44. The van der Waals surface area contributed by atoms with Gasteiger partial charge in [0, 0.05) is 5.92 Å². The first kappa shape index (κ1) is 21.9. The predicted octanol–water partition coefficient (Wildman–Crippen LogP) is 5.44. The summed E-state index contributed by atoms with van der Waals surface area (Å²) in [6.07, 6.45) is 0.562. The largest absolute Gasteiger partial charge is 0.480 e. The summed E-state index contributed by atoms with van der Waals surface area (Å²) in [7, 11) is 0. The van der Waals surface area contributed by atoms with E-state index in [0.717, 1.165) is 28.7 Å². The van der Waals surface area contributed by atoms with E-state index in [-0.39, 0.29) is 23.9 Å². The van der Waals surface area contributed by atoms with Gasteiger partial charge >= 0.3 is 12.1 Å². The van der Waals surface area contributed by atoms with Gasteiger partial charge in [0.15, 0.2) is 0 Å². The molecule has 0 radical (unpaired) electrons. The topological polar surface area (TPSA) is 75.6 Å². The third-order valence-electron chi connectivity index (χ3n) is 5.53. The van der Waals surface area contributed by atoms with Gasteiger partial charge in [0.2, 0.25) is 0 Å². The van der Waals surface area contributed by atoms with Crippen molar-refractivity contribution in [2.75, 3.05) is 6.61 Å². The van der Waals surface area contributed by atoms with E-state index < -0.39 is 18.1 Å². The van der Waals surface area contributed by atoms with Crippen LogP contribution in [0.3, 0.4) is 0 Å². The van der Waals surface area contributed by atoms with Crippen LogP contribution in [0.2, 0.25) is 0 Å². The number of rotatable bonds is 7. The van der Waals surface area contributed by atoms with Crippen LogP contribution < -0.4 is 5.32 Å². The lowest BCUT2D eigenvalue weighted by atomic mass is 9.83. The molecule has 1 aliphatic carbocycles. The molecule has 1 amide bonds. The zero-order valence-corrected chi connectivity index (χ0v) is 18.1. The fourth-order valence-electron chi connectivity index (χ4n) is 4.53. The first-order valence-electron chi connectivity index (χ1n) is 10.5. The van der Waals surface area contributed by atoms with Crippen LogP contribution in [-0.2, 0) is 9.53 Å². The maximum Gasteiger partial charge on any atom is 0.407 e. The molecule has 0 fully saturated rings. The Hall–Kier alpha value is -2.82. The molecule has 0 saturated carbocycles. The number of hydrogen-bond acceptors (Lipinski definition) is 3. The smallest absolute Gasteiger partial charge is 0.407 e.